The fourth-order valence-corrected chi connectivity index (χ4v) is 3.31. The summed E-state index contributed by atoms with van der Waals surface area (Å²) in [6, 6.07) is 0. The average molecular weight is 304 g/mol. The van der Waals surface area contributed by atoms with Gasteiger partial charge in [-0.1, -0.05) is 0 Å². The van der Waals surface area contributed by atoms with Crippen molar-refractivity contribution in [1.29, 1.82) is 0 Å². The summed E-state index contributed by atoms with van der Waals surface area (Å²) >= 11 is 0. The zero-order chi connectivity index (χ0) is 15.5. The predicted octanol–water partition coefficient (Wildman–Crippen LogP) is 0.128. The van der Waals surface area contributed by atoms with E-state index in [0.29, 0.717) is 6.61 Å². The van der Waals surface area contributed by atoms with Gasteiger partial charge in [0.1, 0.15) is 24.4 Å². The van der Waals surface area contributed by atoms with Crippen LogP contribution in [-0.2, 0) is 23.7 Å². The third-order valence-corrected chi connectivity index (χ3v) is 4.10. The molecule has 7 heteroatoms. The van der Waals surface area contributed by atoms with Crippen molar-refractivity contribution in [3.8, 4) is 0 Å². The van der Waals surface area contributed by atoms with E-state index in [1.54, 1.807) is 13.8 Å². The van der Waals surface area contributed by atoms with E-state index in [2.05, 4.69) is 0 Å². The fourth-order valence-electron chi connectivity index (χ4n) is 3.31. The molecule has 0 saturated carbocycles. The Morgan fingerprint density at radius 1 is 1.10 bits per heavy atom. The van der Waals surface area contributed by atoms with E-state index in [9.17, 15) is 5.11 Å². The van der Waals surface area contributed by atoms with Crippen molar-refractivity contribution in [2.24, 2.45) is 0 Å². The summed E-state index contributed by atoms with van der Waals surface area (Å²) in [5.74, 6) is -2.96. The van der Waals surface area contributed by atoms with Gasteiger partial charge in [0, 0.05) is 13.0 Å². The van der Waals surface area contributed by atoms with Crippen molar-refractivity contribution in [3.05, 3.63) is 0 Å². The number of fused-ring (bicyclic) bond motifs is 3. The molecule has 5 atom stereocenters. The van der Waals surface area contributed by atoms with Crippen LogP contribution in [0.2, 0.25) is 0 Å². The molecule has 21 heavy (non-hydrogen) atoms. The van der Waals surface area contributed by atoms with Crippen LogP contribution in [0.4, 0.5) is 0 Å². The minimum absolute atomic E-state index is 0.139. The highest BCUT2D eigenvalue weighted by Gasteiger charge is 2.69. The highest BCUT2D eigenvalue weighted by molar-refractivity contribution is 5.07. The molecular weight excluding hydrogens is 280 g/mol. The number of aliphatic hydroxyl groups excluding tert-OH is 2. The Kier molecular flexibility index (Phi) is 3.61. The number of hydrogen-bond donors (Lipinski definition) is 2. The molecule has 4 unspecified atom stereocenters. The van der Waals surface area contributed by atoms with Crippen LogP contribution in [0.15, 0.2) is 0 Å². The molecule has 3 aliphatic rings. The Morgan fingerprint density at radius 3 is 2.48 bits per heavy atom. The molecule has 3 fully saturated rings. The SMILES string of the molecule is CC1(C)OCC2OC3([C@H](O)CCO)OC(C)(C)OC3C2O1. The first-order valence-electron chi connectivity index (χ1n) is 7.36. The first kappa shape index (κ1) is 15.6. The Hall–Kier alpha value is -0.280. The van der Waals surface area contributed by atoms with E-state index < -0.39 is 29.6 Å². The molecule has 0 aromatic carbocycles. The van der Waals surface area contributed by atoms with Gasteiger partial charge >= 0.3 is 0 Å². The second-order valence-corrected chi connectivity index (χ2v) is 6.74. The molecule has 7 nitrogen and oxygen atoms in total. The maximum absolute atomic E-state index is 10.4. The normalized spacial score (nSPS) is 45.1. The lowest BCUT2D eigenvalue weighted by Crippen LogP contribution is -2.53. The summed E-state index contributed by atoms with van der Waals surface area (Å²) in [5, 5.41) is 19.6. The molecule has 3 aliphatic heterocycles. The summed E-state index contributed by atoms with van der Waals surface area (Å²) < 4.78 is 29.3. The van der Waals surface area contributed by atoms with Crippen molar-refractivity contribution >= 4 is 0 Å². The van der Waals surface area contributed by atoms with E-state index >= 15 is 0 Å². The van der Waals surface area contributed by atoms with E-state index in [1.807, 2.05) is 13.8 Å². The minimum atomic E-state index is -1.33. The van der Waals surface area contributed by atoms with Gasteiger partial charge < -0.3 is 33.9 Å². The Labute approximate surface area is 124 Å². The van der Waals surface area contributed by atoms with Gasteiger partial charge in [-0.05, 0) is 27.7 Å². The Morgan fingerprint density at radius 2 is 1.81 bits per heavy atom. The maximum Gasteiger partial charge on any atom is 0.227 e. The van der Waals surface area contributed by atoms with Gasteiger partial charge in [-0.25, -0.2) is 0 Å². The Bertz CT molecular complexity index is 410. The van der Waals surface area contributed by atoms with Crippen LogP contribution in [0.25, 0.3) is 0 Å². The number of ether oxygens (including phenoxy) is 5. The molecule has 3 saturated heterocycles. The fraction of sp³-hybridized carbons (Fsp3) is 1.00. The van der Waals surface area contributed by atoms with E-state index in [1.165, 1.54) is 0 Å². The van der Waals surface area contributed by atoms with Crippen molar-refractivity contribution in [2.45, 2.75) is 75.9 Å². The first-order valence-corrected chi connectivity index (χ1v) is 7.36. The summed E-state index contributed by atoms with van der Waals surface area (Å²) in [6.07, 6.45) is -2.19. The average Bonchev–Trinajstić information content (AvgIpc) is 2.78. The lowest BCUT2D eigenvalue weighted by molar-refractivity contribution is -0.336. The van der Waals surface area contributed by atoms with E-state index in [-0.39, 0.29) is 25.2 Å². The molecule has 0 amide bonds. The minimum Gasteiger partial charge on any atom is -0.396 e. The molecule has 0 bridgehead atoms. The predicted molar refractivity (Wildman–Crippen MR) is 70.3 cm³/mol. The first-order chi connectivity index (χ1) is 9.69. The van der Waals surface area contributed by atoms with Gasteiger partial charge in [0.25, 0.3) is 0 Å². The molecule has 0 aromatic rings. The number of aliphatic hydroxyl groups is 2. The molecule has 0 spiro atoms. The van der Waals surface area contributed by atoms with Crippen molar-refractivity contribution in [2.75, 3.05) is 13.2 Å². The highest BCUT2D eigenvalue weighted by atomic mass is 16.9. The molecule has 3 heterocycles. The lowest BCUT2D eigenvalue weighted by atomic mass is 9.97. The van der Waals surface area contributed by atoms with Gasteiger partial charge in [0.2, 0.25) is 5.79 Å². The maximum atomic E-state index is 10.4. The second-order valence-electron chi connectivity index (χ2n) is 6.74. The summed E-state index contributed by atoms with van der Waals surface area (Å²) in [6.45, 7) is 7.36. The monoisotopic (exact) mass is 304 g/mol. The molecule has 0 aliphatic carbocycles. The zero-order valence-corrected chi connectivity index (χ0v) is 12.9. The zero-order valence-electron chi connectivity index (χ0n) is 12.9. The van der Waals surface area contributed by atoms with Crippen LogP contribution in [-0.4, -0.2) is 65.2 Å². The highest BCUT2D eigenvalue weighted by Crippen LogP contribution is 2.50. The molecule has 0 aromatic heterocycles. The molecule has 2 N–H and O–H groups in total. The van der Waals surface area contributed by atoms with Gasteiger partial charge in [-0.3, -0.25) is 0 Å². The van der Waals surface area contributed by atoms with Gasteiger partial charge in [0.15, 0.2) is 11.6 Å². The third-order valence-electron chi connectivity index (χ3n) is 4.10. The van der Waals surface area contributed by atoms with Crippen LogP contribution in [0.5, 0.6) is 0 Å². The van der Waals surface area contributed by atoms with Crippen LogP contribution in [0, 0.1) is 0 Å². The van der Waals surface area contributed by atoms with Crippen molar-refractivity contribution < 1.29 is 33.9 Å². The van der Waals surface area contributed by atoms with Crippen molar-refractivity contribution in [1.82, 2.24) is 0 Å². The standard InChI is InChI=1S/C14H24O7/c1-12(2)17-7-8-10(19-12)11-14(18-8,9(16)5-6-15)21-13(3,4)20-11/h8-11,15-16H,5-7H2,1-4H3/t8?,9-,10?,11?,14?/m1/s1. The van der Waals surface area contributed by atoms with Crippen LogP contribution < -0.4 is 0 Å². The van der Waals surface area contributed by atoms with Gasteiger partial charge in [-0.2, -0.15) is 0 Å². The number of rotatable bonds is 3. The second kappa shape index (κ2) is 4.86. The smallest absolute Gasteiger partial charge is 0.227 e. The molecule has 0 radical (unpaired) electrons. The van der Waals surface area contributed by atoms with E-state index in [0.717, 1.165) is 0 Å². The molecule has 3 rings (SSSR count). The van der Waals surface area contributed by atoms with Gasteiger partial charge in [0.05, 0.1) is 6.61 Å². The van der Waals surface area contributed by atoms with Crippen LogP contribution >= 0.6 is 0 Å². The Balaban J connectivity index is 1.90. The lowest BCUT2D eigenvalue weighted by Gasteiger charge is -2.38. The molecule has 122 valence electrons. The summed E-state index contributed by atoms with van der Waals surface area (Å²) in [4.78, 5) is 0. The van der Waals surface area contributed by atoms with Crippen LogP contribution in [0.1, 0.15) is 34.1 Å². The topological polar surface area (TPSA) is 86.6 Å². The largest absolute Gasteiger partial charge is 0.396 e. The van der Waals surface area contributed by atoms with E-state index in [4.69, 9.17) is 28.8 Å². The quantitative estimate of drug-likeness (QED) is 0.766. The number of hydrogen-bond acceptors (Lipinski definition) is 7. The van der Waals surface area contributed by atoms with Gasteiger partial charge in [-0.15, -0.1) is 0 Å². The molecular formula is C14H24O7. The summed E-state index contributed by atoms with van der Waals surface area (Å²) in [7, 11) is 0. The van der Waals surface area contributed by atoms with Crippen molar-refractivity contribution in [3.63, 3.8) is 0 Å². The third kappa shape index (κ3) is 2.50. The summed E-state index contributed by atoms with van der Waals surface area (Å²) in [5.41, 5.74) is 0. The van der Waals surface area contributed by atoms with Crippen LogP contribution in [0.3, 0.4) is 0 Å².